The fraction of sp³-hybridized carbons (Fsp3) is 0.444. The summed E-state index contributed by atoms with van der Waals surface area (Å²) < 4.78 is 18.9. The Morgan fingerprint density at radius 2 is 1.40 bits per heavy atom. The van der Waals surface area contributed by atoms with Gasteiger partial charge in [-0.1, -0.05) is 119 Å². The van der Waals surface area contributed by atoms with Gasteiger partial charge in [0.05, 0.1) is 25.9 Å². The second kappa shape index (κ2) is 15.3. The van der Waals surface area contributed by atoms with Gasteiger partial charge in [0, 0.05) is 14.7 Å². The first-order valence-corrected chi connectivity index (χ1v) is 20.8. The normalized spacial score (nSPS) is 13.9. The number of methoxy groups -OCH3 is 1. The summed E-state index contributed by atoms with van der Waals surface area (Å²) in [5.74, 6) is 0.824. The average molecular weight is 605 g/mol. The number of rotatable bonds is 16. The van der Waals surface area contributed by atoms with Gasteiger partial charge in [0.15, 0.2) is 0 Å². The van der Waals surface area contributed by atoms with E-state index in [-0.39, 0.29) is 11.1 Å². The van der Waals surface area contributed by atoms with Crippen LogP contribution in [0.25, 0.3) is 0 Å². The van der Waals surface area contributed by atoms with E-state index >= 15 is 0 Å². The molecule has 0 spiro atoms. The van der Waals surface area contributed by atoms with Gasteiger partial charge in [-0.25, -0.2) is 0 Å². The zero-order chi connectivity index (χ0) is 30.8. The zero-order valence-corrected chi connectivity index (χ0v) is 28.9. The van der Waals surface area contributed by atoms with E-state index in [1.165, 1.54) is 10.4 Å². The molecule has 1 N–H and O–H groups in total. The van der Waals surface area contributed by atoms with Crippen LogP contribution in [0.4, 0.5) is 0 Å². The van der Waals surface area contributed by atoms with Crippen LogP contribution in [0.1, 0.15) is 45.6 Å². The molecule has 228 valence electrons. The number of hydrogen-bond donors (Lipinski definition) is 1. The summed E-state index contributed by atoms with van der Waals surface area (Å²) in [7, 11) is -2.26. The highest BCUT2D eigenvalue weighted by Crippen LogP contribution is 2.37. The highest BCUT2D eigenvalue weighted by atomic mass is 28.4. The van der Waals surface area contributed by atoms with Gasteiger partial charge in [0.1, 0.15) is 5.75 Å². The lowest BCUT2D eigenvalue weighted by Crippen LogP contribution is -2.66. The van der Waals surface area contributed by atoms with E-state index in [0.29, 0.717) is 32.5 Å². The van der Waals surface area contributed by atoms with E-state index in [1.54, 1.807) is 7.11 Å². The van der Waals surface area contributed by atoms with Crippen LogP contribution in [-0.2, 0) is 15.8 Å². The zero-order valence-electron chi connectivity index (χ0n) is 26.9. The molecule has 0 radical (unpaired) electrons. The van der Waals surface area contributed by atoms with E-state index < -0.39 is 22.5 Å². The molecular formula is C36H52O4Si2. The fourth-order valence-electron chi connectivity index (χ4n) is 5.85. The van der Waals surface area contributed by atoms with E-state index in [1.807, 2.05) is 24.3 Å². The first-order valence-electron chi connectivity index (χ1n) is 15.2. The standard InChI is InChI=1S/C36H52O4Si2/c1-29(28-41(6,7)8)25-31(37)26-33(39-27-30-19-21-32(38-5)22-20-30)23-24-40-42(36(2,3)4,34-15-11-9-12-16-34)35-17-13-10-14-18-35/h9-22,31,33,37H,1,23-28H2,2-8H3/t31-,33-/m0/s1. The van der Waals surface area contributed by atoms with Crippen LogP contribution >= 0.6 is 0 Å². The van der Waals surface area contributed by atoms with Gasteiger partial charge in [-0.3, -0.25) is 0 Å². The van der Waals surface area contributed by atoms with Crippen LogP contribution in [0.15, 0.2) is 97.1 Å². The summed E-state index contributed by atoms with van der Waals surface area (Å²) >= 11 is 0. The lowest BCUT2D eigenvalue weighted by Gasteiger charge is -2.43. The van der Waals surface area contributed by atoms with Crippen LogP contribution in [0.2, 0.25) is 30.7 Å². The van der Waals surface area contributed by atoms with Gasteiger partial charge in [-0.05, 0) is 58.4 Å². The Bertz CT molecular complexity index is 1180. The lowest BCUT2D eigenvalue weighted by atomic mass is 10.0. The summed E-state index contributed by atoms with van der Waals surface area (Å²) in [6.07, 6.45) is 1.20. The van der Waals surface area contributed by atoms with Crippen molar-refractivity contribution in [1.29, 1.82) is 0 Å². The third-order valence-electron chi connectivity index (χ3n) is 7.66. The van der Waals surface area contributed by atoms with Crippen LogP contribution in [0.3, 0.4) is 0 Å². The van der Waals surface area contributed by atoms with Crippen molar-refractivity contribution in [3.63, 3.8) is 0 Å². The summed E-state index contributed by atoms with van der Waals surface area (Å²) in [6, 6.07) is 30.4. The van der Waals surface area contributed by atoms with E-state index in [4.69, 9.17) is 13.9 Å². The van der Waals surface area contributed by atoms with E-state index in [0.717, 1.165) is 22.9 Å². The highest BCUT2D eigenvalue weighted by molar-refractivity contribution is 6.99. The summed E-state index contributed by atoms with van der Waals surface area (Å²) in [5.41, 5.74) is 2.21. The predicted octanol–water partition coefficient (Wildman–Crippen LogP) is 7.58. The van der Waals surface area contributed by atoms with Gasteiger partial charge in [-0.2, -0.15) is 0 Å². The quantitative estimate of drug-likeness (QED) is 0.135. The molecule has 0 amide bonds. The SMILES string of the molecule is C=C(C[C@H](O)C[C@H](CCO[Si](c1ccccc1)(c1ccccc1)C(C)(C)C)OCc1ccc(OC)cc1)C[Si](C)(C)C. The third kappa shape index (κ3) is 9.78. The number of aliphatic hydroxyl groups excluding tert-OH is 1. The molecule has 2 atom stereocenters. The summed E-state index contributed by atoms with van der Waals surface area (Å²) in [6.45, 7) is 19.2. The van der Waals surface area contributed by atoms with Gasteiger partial charge in [0.2, 0.25) is 0 Å². The second-order valence-electron chi connectivity index (χ2n) is 13.7. The van der Waals surface area contributed by atoms with Crippen LogP contribution in [-0.4, -0.2) is 47.4 Å². The molecule has 6 heteroatoms. The molecule has 4 nitrogen and oxygen atoms in total. The highest BCUT2D eigenvalue weighted by Gasteiger charge is 2.50. The molecule has 42 heavy (non-hydrogen) atoms. The van der Waals surface area contributed by atoms with Gasteiger partial charge >= 0.3 is 0 Å². The predicted molar refractivity (Wildman–Crippen MR) is 182 cm³/mol. The van der Waals surface area contributed by atoms with Crippen molar-refractivity contribution in [3.05, 3.63) is 103 Å². The molecule has 3 aromatic rings. The number of ether oxygens (including phenoxy) is 2. The smallest absolute Gasteiger partial charge is 0.261 e. The average Bonchev–Trinajstić information content (AvgIpc) is 2.93. The first kappa shape index (κ1) is 34.0. The topological polar surface area (TPSA) is 47.9 Å². The van der Waals surface area contributed by atoms with Crippen molar-refractivity contribution in [2.75, 3.05) is 13.7 Å². The Labute approximate surface area is 256 Å². The molecule has 0 aromatic heterocycles. The van der Waals surface area contributed by atoms with Gasteiger partial charge in [0.25, 0.3) is 8.32 Å². The molecule has 0 fully saturated rings. The summed E-state index contributed by atoms with van der Waals surface area (Å²) in [4.78, 5) is 0. The fourth-order valence-corrected chi connectivity index (χ4v) is 12.1. The number of benzene rings is 3. The van der Waals surface area contributed by atoms with Crippen molar-refractivity contribution in [1.82, 2.24) is 0 Å². The molecule has 0 saturated heterocycles. The maximum atomic E-state index is 11.1. The summed E-state index contributed by atoms with van der Waals surface area (Å²) in [5, 5.41) is 13.6. The monoisotopic (exact) mass is 604 g/mol. The van der Waals surface area contributed by atoms with Crippen molar-refractivity contribution < 1.29 is 19.0 Å². The van der Waals surface area contributed by atoms with Crippen LogP contribution in [0.5, 0.6) is 5.75 Å². The molecule has 0 aliphatic heterocycles. The second-order valence-corrected chi connectivity index (χ2v) is 23.4. The minimum absolute atomic E-state index is 0.0940. The Hall–Kier alpha value is -2.49. The maximum Gasteiger partial charge on any atom is 0.261 e. The minimum atomic E-state index is -2.65. The molecule has 3 rings (SSSR count). The molecule has 0 unspecified atom stereocenters. The van der Waals surface area contributed by atoms with Crippen LogP contribution < -0.4 is 15.1 Å². The largest absolute Gasteiger partial charge is 0.497 e. The maximum absolute atomic E-state index is 11.1. The Kier molecular flexibility index (Phi) is 12.4. The molecule has 3 aromatic carbocycles. The Balaban J connectivity index is 1.81. The van der Waals surface area contributed by atoms with E-state index in [9.17, 15) is 5.11 Å². The Morgan fingerprint density at radius 1 is 0.857 bits per heavy atom. The van der Waals surface area contributed by atoms with Gasteiger partial charge < -0.3 is 19.0 Å². The van der Waals surface area contributed by atoms with Crippen molar-refractivity contribution in [2.24, 2.45) is 0 Å². The number of hydrogen-bond acceptors (Lipinski definition) is 4. The molecule has 0 heterocycles. The van der Waals surface area contributed by atoms with Crippen LogP contribution in [0, 0.1) is 0 Å². The Morgan fingerprint density at radius 3 is 1.88 bits per heavy atom. The van der Waals surface area contributed by atoms with Crippen molar-refractivity contribution in [2.45, 2.75) is 89.6 Å². The van der Waals surface area contributed by atoms with Gasteiger partial charge in [-0.15, -0.1) is 6.58 Å². The van der Waals surface area contributed by atoms with Crippen molar-refractivity contribution in [3.8, 4) is 5.75 Å². The molecule has 0 saturated carbocycles. The first-order chi connectivity index (χ1) is 19.8. The molecular weight excluding hydrogens is 553 g/mol. The number of aliphatic hydroxyl groups is 1. The minimum Gasteiger partial charge on any atom is -0.497 e. The van der Waals surface area contributed by atoms with E-state index in [2.05, 4.69) is 108 Å². The molecule has 0 aliphatic rings. The molecule has 0 aliphatic carbocycles. The molecule has 0 bridgehead atoms. The lowest BCUT2D eigenvalue weighted by molar-refractivity contribution is -0.00715. The third-order valence-corrected chi connectivity index (χ3v) is 14.3. The van der Waals surface area contributed by atoms with Crippen molar-refractivity contribution >= 4 is 26.8 Å².